The maximum atomic E-state index is 6.57. The highest BCUT2D eigenvalue weighted by Crippen LogP contribution is 2.40. The van der Waals surface area contributed by atoms with Gasteiger partial charge in [0.25, 0.3) is 0 Å². The summed E-state index contributed by atoms with van der Waals surface area (Å²) in [5.74, 6) is 2.61. The van der Waals surface area contributed by atoms with Crippen LogP contribution in [0, 0.1) is 6.92 Å². The summed E-state index contributed by atoms with van der Waals surface area (Å²) in [4.78, 5) is 0. The highest BCUT2D eigenvalue weighted by Gasteiger charge is 2.16. The third-order valence-electron chi connectivity index (χ3n) is 12.1. The molecule has 57 heavy (non-hydrogen) atoms. The van der Waals surface area contributed by atoms with Crippen molar-refractivity contribution in [3.05, 3.63) is 24.6 Å². The van der Waals surface area contributed by atoms with E-state index in [1.165, 1.54) is 237 Å². The fourth-order valence-electron chi connectivity index (χ4n) is 8.23. The van der Waals surface area contributed by atoms with Gasteiger partial charge in [-0.1, -0.05) is 259 Å². The maximum Gasteiger partial charge on any atom is 0.203 e. The van der Waals surface area contributed by atoms with Crippen LogP contribution in [0.25, 0.3) is 0 Å². The van der Waals surface area contributed by atoms with Crippen molar-refractivity contribution in [3.8, 4) is 17.2 Å². The van der Waals surface area contributed by atoms with Crippen LogP contribution in [0.1, 0.15) is 283 Å². The third-order valence-corrected chi connectivity index (χ3v) is 12.1. The predicted octanol–water partition coefficient (Wildman–Crippen LogP) is 18.9. The Bertz CT molecular complexity index is 875. The number of unbranched alkanes of at least 4 members (excludes halogenated alkanes) is 36. The number of hydrogen-bond donors (Lipinski definition) is 0. The van der Waals surface area contributed by atoms with E-state index >= 15 is 0 Å². The molecule has 3 nitrogen and oxygen atoms in total. The number of hydrogen-bond acceptors (Lipinski definition) is 3. The first-order valence-electron chi connectivity index (χ1n) is 26.1. The molecule has 0 atom stereocenters. The minimum absolute atomic E-state index is 0.733. The van der Waals surface area contributed by atoms with Gasteiger partial charge >= 0.3 is 0 Å². The van der Waals surface area contributed by atoms with Crippen LogP contribution in [0.3, 0.4) is 0 Å². The molecule has 0 aliphatic heterocycles. The van der Waals surface area contributed by atoms with Crippen LogP contribution >= 0.6 is 0 Å². The van der Waals surface area contributed by atoms with Gasteiger partial charge < -0.3 is 14.2 Å². The molecule has 335 valence electrons. The topological polar surface area (TPSA) is 27.7 Å². The smallest absolute Gasteiger partial charge is 0.203 e. The molecule has 0 aromatic heterocycles. The molecule has 0 bridgehead atoms. The first-order chi connectivity index (χ1) is 28.3. The van der Waals surface area contributed by atoms with E-state index in [-0.39, 0.29) is 0 Å². The summed E-state index contributed by atoms with van der Waals surface area (Å²) in [7, 11) is 0. The van der Waals surface area contributed by atoms with E-state index < -0.39 is 0 Å². The van der Waals surface area contributed by atoms with Crippen LogP contribution in [0.2, 0.25) is 0 Å². The number of rotatable bonds is 47. The molecule has 0 saturated carbocycles. The van der Waals surface area contributed by atoms with Crippen molar-refractivity contribution in [2.45, 2.75) is 284 Å². The molecule has 0 amide bonds. The van der Waals surface area contributed by atoms with Gasteiger partial charge in [0.05, 0.1) is 19.8 Å². The zero-order valence-corrected chi connectivity index (χ0v) is 39.2. The highest BCUT2D eigenvalue weighted by molar-refractivity contribution is 5.54. The number of ether oxygens (including phenoxy) is 3. The van der Waals surface area contributed by atoms with Crippen LogP contribution in [-0.2, 0) is 6.42 Å². The van der Waals surface area contributed by atoms with E-state index in [2.05, 4.69) is 39.8 Å². The summed E-state index contributed by atoms with van der Waals surface area (Å²) in [5.41, 5.74) is 1.25. The standard InChI is InChI=1S/C54H101O3/c1-5-9-12-15-18-21-24-27-30-33-36-39-42-46-55-52-49-51(45-8-4)50-53(56-47-43-40-37-34-31-28-25-22-19-16-13-10-6-2)54(52)57-48-44-41-38-35-32-29-26-23-20-17-14-11-7-3/h49-50H,4-48H2,1-3H3. The summed E-state index contributed by atoms with van der Waals surface area (Å²) in [5, 5.41) is 0. The molecule has 1 aromatic carbocycles. The van der Waals surface area contributed by atoms with Crippen molar-refractivity contribution >= 4 is 0 Å². The van der Waals surface area contributed by atoms with Crippen molar-refractivity contribution in [3.63, 3.8) is 0 Å². The van der Waals surface area contributed by atoms with Crippen molar-refractivity contribution in [2.75, 3.05) is 19.8 Å². The van der Waals surface area contributed by atoms with Crippen LogP contribution in [0.15, 0.2) is 12.1 Å². The quantitative estimate of drug-likeness (QED) is 0.0615. The van der Waals surface area contributed by atoms with Gasteiger partial charge in [0, 0.05) is 0 Å². The highest BCUT2D eigenvalue weighted by atomic mass is 16.5. The largest absolute Gasteiger partial charge is 0.490 e. The Balaban J connectivity index is 2.51. The molecule has 1 radical (unpaired) electrons. The first-order valence-corrected chi connectivity index (χ1v) is 26.1. The Kier molecular flexibility index (Phi) is 41.6. The van der Waals surface area contributed by atoms with Gasteiger partial charge in [0.1, 0.15) is 0 Å². The van der Waals surface area contributed by atoms with Gasteiger partial charge in [-0.2, -0.15) is 0 Å². The van der Waals surface area contributed by atoms with Gasteiger partial charge in [0.15, 0.2) is 11.5 Å². The predicted molar refractivity (Wildman–Crippen MR) is 254 cm³/mol. The average molecular weight is 798 g/mol. The minimum Gasteiger partial charge on any atom is -0.490 e. The third kappa shape index (κ3) is 35.1. The Morgan fingerprint density at radius 1 is 0.316 bits per heavy atom. The van der Waals surface area contributed by atoms with Crippen LogP contribution < -0.4 is 14.2 Å². The van der Waals surface area contributed by atoms with E-state index in [1.807, 2.05) is 0 Å². The Morgan fingerprint density at radius 2 is 0.544 bits per heavy atom. The van der Waals surface area contributed by atoms with Gasteiger partial charge in [-0.05, 0) is 49.8 Å². The molecular weight excluding hydrogens is 697 g/mol. The second kappa shape index (κ2) is 44.2. The molecule has 0 aliphatic carbocycles. The second-order valence-corrected chi connectivity index (χ2v) is 17.8. The Hall–Kier alpha value is -1.38. The molecule has 0 unspecified atom stereocenters. The lowest BCUT2D eigenvalue weighted by Gasteiger charge is -2.19. The van der Waals surface area contributed by atoms with Crippen LogP contribution in [0.5, 0.6) is 17.2 Å². The zero-order valence-electron chi connectivity index (χ0n) is 39.2. The Labute approximate surface area is 358 Å². The zero-order chi connectivity index (χ0) is 41.0. The van der Waals surface area contributed by atoms with E-state index in [0.29, 0.717) is 0 Å². The normalized spacial score (nSPS) is 11.4. The molecule has 0 aliphatic rings. The van der Waals surface area contributed by atoms with Crippen molar-refractivity contribution in [2.24, 2.45) is 0 Å². The second-order valence-electron chi connectivity index (χ2n) is 17.8. The van der Waals surface area contributed by atoms with Crippen molar-refractivity contribution < 1.29 is 14.2 Å². The molecule has 0 N–H and O–H groups in total. The van der Waals surface area contributed by atoms with Gasteiger partial charge in [0.2, 0.25) is 5.75 Å². The minimum atomic E-state index is 0.733. The summed E-state index contributed by atoms with van der Waals surface area (Å²) in [6.07, 6.45) is 55.0. The summed E-state index contributed by atoms with van der Waals surface area (Å²) >= 11 is 0. The molecule has 0 spiro atoms. The number of aryl methyl sites for hydroxylation is 1. The van der Waals surface area contributed by atoms with E-state index in [0.717, 1.165) is 69.2 Å². The Morgan fingerprint density at radius 3 is 0.789 bits per heavy atom. The van der Waals surface area contributed by atoms with Gasteiger partial charge in [-0.3, -0.25) is 0 Å². The van der Waals surface area contributed by atoms with Crippen molar-refractivity contribution in [1.29, 1.82) is 0 Å². The molecule has 0 heterocycles. The lowest BCUT2D eigenvalue weighted by Crippen LogP contribution is -2.07. The molecule has 0 saturated heterocycles. The molecule has 1 rings (SSSR count). The molecule has 3 heteroatoms. The van der Waals surface area contributed by atoms with E-state index in [4.69, 9.17) is 14.2 Å². The van der Waals surface area contributed by atoms with E-state index in [1.54, 1.807) is 0 Å². The fourth-order valence-corrected chi connectivity index (χ4v) is 8.23. The maximum absolute atomic E-state index is 6.57. The summed E-state index contributed by atoms with van der Waals surface area (Å²) in [6, 6.07) is 4.43. The van der Waals surface area contributed by atoms with Crippen LogP contribution in [-0.4, -0.2) is 19.8 Å². The summed E-state index contributed by atoms with van der Waals surface area (Å²) < 4.78 is 19.6. The lowest BCUT2D eigenvalue weighted by atomic mass is 10.0. The molecular formula is C54H101O3. The molecule has 1 aromatic rings. The average Bonchev–Trinajstić information content (AvgIpc) is 3.22. The summed E-state index contributed by atoms with van der Waals surface area (Å²) in [6.45, 7) is 13.3. The van der Waals surface area contributed by atoms with Crippen LogP contribution in [0.4, 0.5) is 0 Å². The van der Waals surface area contributed by atoms with Crippen molar-refractivity contribution in [1.82, 2.24) is 0 Å². The van der Waals surface area contributed by atoms with E-state index in [9.17, 15) is 0 Å². The molecule has 0 fully saturated rings. The fraction of sp³-hybridized carbons (Fsp3) is 0.870. The van der Waals surface area contributed by atoms with Gasteiger partial charge in [-0.15, -0.1) is 0 Å². The SMILES string of the molecule is [CH2]CCc1cc(OCCCCCCCCCCCCCCC)c(OCCCCCCCCCCCCCCC)c(OCCCCCCCCCCCCCCC)c1. The lowest BCUT2D eigenvalue weighted by molar-refractivity contribution is 0.234. The monoisotopic (exact) mass is 798 g/mol. The van der Waals surface area contributed by atoms with Gasteiger partial charge in [-0.25, -0.2) is 0 Å². The first kappa shape index (κ1) is 53.6. The number of benzene rings is 1.